The highest BCUT2D eigenvalue weighted by Crippen LogP contribution is 2.33. The van der Waals surface area contributed by atoms with Gasteiger partial charge in [-0.15, -0.1) is 10.2 Å². The maximum Gasteiger partial charge on any atom is 0.391 e. The predicted molar refractivity (Wildman–Crippen MR) is 120 cm³/mol. The Kier molecular flexibility index (Phi) is 6.26. The minimum Gasteiger partial charge on any atom is -0.363 e. The Morgan fingerprint density at radius 1 is 1.24 bits per heavy atom. The molecule has 0 saturated heterocycles. The van der Waals surface area contributed by atoms with Crippen LogP contribution >= 0.6 is 0 Å². The molecule has 4 rings (SSSR count). The van der Waals surface area contributed by atoms with E-state index < -0.39 is 18.6 Å². The van der Waals surface area contributed by atoms with E-state index in [4.69, 9.17) is 0 Å². The molecule has 3 aromatic heterocycles. The molecule has 3 aromatic rings. The maximum absolute atomic E-state index is 13.3. The standard InChI is InChI=1S/C22H25F3N8O/c1-13(9-22(23,24)25)33-12-27-30-20(33)16-6-5-7-18(28-16)32-11-15-14(21(32)34)8-19(31(3)4)29-17(15)10-26-2/h5-8,12-13,26H,9-11H2,1-4H3/t13-/m0/s1. The van der Waals surface area contributed by atoms with Crippen LogP contribution in [0.3, 0.4) is 0 Å². The van der Waals surface area contributed by atoms with Gasteiger partial charge in [-0.05, 0) is 32.2 Å². The summed E-state index contributed by atoms with van der Waals surface area (Å²) in [5, 5.41) is 10.9. The van der Waals surface area contributed by atoms with Gasteiger partial charge < -0.3 is 14.8 Å². The van der Waals surface area contributed by atoms with Crippen LogP contribution in [-0.4, -0.2) is 58.0 Å². The van der Waals surface area contributed by atoms with Crippen molar-refractivity contribution < 1.29 is 18.0 Å². The molecule has 0 saturated carbocycles. The third-order valence-corrected chi connectivity index (χ3v) is 5.61. The van der Waals surface area contributed by atoms with E-state index in [9.17, 15) is 18.0 Å². The van der Waals surface area contributed by atoms with Gasteiger partial charge in [0.15, 0.2) is 5.82 Å². The third kappa shape index (κ3) is 4.58. The quantitative estimate of drug-likeness (QED) is 0.562. The van der Waals surface area contributed by atoms with E-state index in [-0.39, 0.29) is 11.7 Å². The molecular formula is C22H25F3N8O. The van der Waals surface area contributed by atoms with Crippen molar-refractivity contribution >= 4 is 17.5 Å². The van der Waals surface area contributed by atoms with Crippen LogP contribution in [0.25, 0.3) is 11.5 Å². The van der Waals surface area contributed by atoms with Gasteiger partial charge in [-0.1, -0.05) is 6.07 Å². The second kappa shape index (κ2) is 9.01. The molecule has 1 amide bonds. The van der Waals surface area contributed by atoms with Crippen molar-refractivity contribution in [2.75, 3.05) is 30.9 Å². The minimum atomic E-state index is -4.32. The molecule has 0 fully saturated rings. The van der Waals surface area contributed by atoms with E-state index in [0.717, 1.165) is 11.3 Å². The predicted octanol–water partition coefficient (Wildman–Crippen LogP) is 3.19. The fourth-order valence-electron chi connectivity index (χ4n) is 3.96. The number of rotatable bonds is 7. The first-order valence-electron chi connectivity index (χ1n) is 10.7. The summed E-state index contributed by atoms with van der Waals surface area (Å²) >= 11 is 0. The van der Waals surface area contributed by atoms with Crippen molar-refractivity contribution in [3.8, 4) is 11.5 Å². The topological polar surface area (TPSA) is 92.1 Å². The van der Waals surface area contributed by atoms with Crippen molar-refractivity contribution in [2.24, 2.45) is 0 Å². The van der Waals surface area contributed by atoms with Crippen molar-refractivity contribution in [3.05, 3.63) is 47.4 Å². The summed E-state index contributed by atoms with van der Waals surface area (Å²) in [7, 11) is 5.53. The van der Waals surface area contributed by atoms with Crippen molar-refractivity contribution in [1.29, 1.82) is 0 Å². The van der Waals surface area contributed by atoms with Crippen LogP contribution in [0.4, 0.5) is 24.8 Å². The number of anilines is 2. The molecule has 4 heterocycles. The number of fused-ring (bicyclic) bond motifs is 1. The Morgan fingerprint density at radius 3 is 2.68 bits per heavy atom. The Hall–Kier alpha value is -3.54. The molecule has 1 atom stereocenters. The fraction of sp³-hybridized carbons (Fsp3) is 0.409. The number of carbonyl (C=O) groups excluding carboxylic acids is 1. The first-order chi connectivity index (χ1) is 16.1. The van der Waals surface area contributed by atoms with E-state index in [1.165, 1.54) is 22.7 Å². The first kappa shape index (κ1) is 23.6. The number of carbonyl (C=O) groups is 1. The van der Waals surface area contributed by atoms with Gasteiger partial charge in [0.2, 0.25) is 0 Å². The molecule has 0 unspecified atom stereocenters. The molecule has 1 aliphatic heterocycles. The van der Waals surface area contributed by atoms with E-state index in [1.807, 2.05) is 26.0 Å². The molecule has 34 heavy (non-hydrogen) atoms. The fourth-order valence-corrected chi connectivity index (χ4v) is 3.96. The number of aromatic nitrogens is 5. The SMILES string of the molecule is CNCc1nc(N(C)C)cc2c1CN(c1cccc(-c3nncn3[C@@H](C)CC(F)(F)F)n1)C2=O. The Morgan fingerprint density at radius 2 is 2.00 bits per heavy atom. The van der Waals surface area contributed by atoms with Gasteiger partial charge >= 0.3 is 6.18 Å². The summed E-state index contributed by atoms with van der Waals surface area (Å²) in [6.07, 6.45) is -4.09. The van der Waals surface area contributed by atoms with Gasteiger partial charge in [0.25, 0.3) is 5.91 Å². The van der Waals surface area contributed by atoms with Crippen molar-refractivity contribution in [2.45, 2.75) is 38.7 Å². The zero-order valence-electron chi connectivity index (χ0n) is 19.3. The molecular weight excluding hydrogens is 449 g/mol. The number of nitrogens with zero attached hydrogens (tertiary/aromatic N) is 7. The van der Waals surface area contributed by atoms with Crippen LogP contribution in [0.15, 0.2) is 30.6 Å². The third-order valence-electron chi connectivity index (χ3n) is 5.61. The maximum atomic E-state index is 13.3. The lowest BCUT2D eigenvalue weighted by Crippen LogP contribution is -2.24. The molecule has 12 heteroatoms. The average Bonchev–Trinajstić information content (AvgIpc) is 3.38. The average molecular weight is 474 g/mol. The summed E-state index contributed by atoms with van der Waals surface area (Å²) in [6, 6.07) is 5.87. The van der Waals surface area contributed by atoms with E-state index >= 15 is 0 Å². The van der Waals surface area contributed by atoms with Crippen LogP contribution in [0.1, 0.15) is 41.0 Å². The zero-order chi connectivity index (χ0) is 24.6. The second-order valence-electron chi connectivity index (χ2n) is 8.38. The number of halogens is 3. The van der Waals surface area contributed by atoms with Gasteiger partial charge in [-0.2, -0.15) is 13.2 Å². The molecule has 0 spiro atoms. The van der Waals surface area contributed by atoms with Crippen LogP contribution < -0.4 is 15.1 Å². The molecule has 0 bridgehead atoms. The van der Waals surface area contributed by atoms with Crippen LogP contribution in [0, 0.1) is 0 Å². The summed E-state index contributed by atoms with van der Waals surface area (Å²) < 4.78 is 40.1. The second-order valence-corrected chi connectivity index (χ2v) is 8.38. The molecule has 0 radical (unpaired) electrons. The van der Waals surface area contributed by atoms with Crippen LogP contribution in [0.5, 0.6) is 0 Å². The lowest BCUT2D eigenvalue weighted by atomic mass is 10.1. The van der Waals surface area contributed by atoms with Gasteiger partial charge in [0.1, 0.15) is 23.7 Å². The Bertz CT molecular complexity index is 1210. The number of pyridine rings is 2. The molecule has 0 aromatic carbocycles. The highest BCUT2D eigenvalue weighted by atomic mass is 19.4. The van der Waals surface area contributed by atoms with Gasteiger partial charge in [0.05, 0.1) is 24.2 Å². The van der Waals surface area contributed by atoms with Crippen LogP contribution in [0.2, 0.25) is 0 Å². The van der Waals surface area contributed by atoms with Gasteiger partial charge in [-0.3, -0.25) is 9.69 Å². The number of alkyl halides is 3. The summed E-state index contributed by atoms with van der Waals surface area (Å²) in [5.41, 5.74) is 2.48. The lowest BCUT2D eigenvalue weighted by molar-refractivity contribution is -0.141. The molecule has 1 aliphatic rings. The first-order valence-corrected chi connectivity index (χ1v) is 10.7. The summed E-state index contributed by atoms with van der Waals surface area (Å²) in [5.74, 6) is 1.04. The number of hydrogen-bond acceptors (Lipinski definition) is 7. The number of amides is 1. The number of hydrogen-bond donors (Lipinski definition) is 1. The lowest BCUT2D eigenvalue weighted by Gasteiger charge is -2.18. The van der Waals surface area contributed by atoms with Crippen molar-refractivity contribution in [1.82, 2.24) is 30.0 Å². The molecule has 1 N–H and O–H groups in total. The molecule has 9 nitrogen and oxygen atoms in total. The minimum absolute atomic E-state index is 0.204. The monoisotopic (exact) mass is 474 g/mol. The van der Waals surface area contributed by atoms with Crippen LogP contribution in [-0.2, 0) is 13.1 Å². The van der Waals surface area contributed by atoms with E-state index in [0.29, 0.717) is 36.0 Å². The Labute approximate surface area is 194 Å². The van der Waals surface area contributed by atoms with E-state index in [1.54, 1.807) is 24.3 Å². The van der Waals surface area contributed by atoms with Crippen molar-refractivity contribution in [3.63, 3.8) is 0 Å². The largest absolute Gasteiger partial charge is 0.391 e. The van der Waals surface area contributed by atoms with E-state index in [2.05, 4.69) is 25.5 Å². The summed E-state index contributed by atoms with van der Waals surface area (Å²) in [4.78, 5) is 25.9. The zero-order valence-corrected chi connectivity index (χ0v) is 19.3. The summed E-state index contributed by atoms with van der Waals surface area (Å²) in [6.45, 7) is 2.24. The molecule has 0 aliphatic carbocycles. The highest BCUT2D eigenvalue weighted by molar-refractivity contribution is 6.10. The Balaban J connectivity index is 1.68. The van der Waals surface area contributed by atoms with Gasteiger partial charge in [-0.25, -0.2) is 9.97 Å². The molecule has 180 valence electrons. The number of nitrogens with one attached hydrogen (secondary N) is 1. The normalized spacial score (nSPS) is 14.4. The highest BCUT2D eigenvalue weighted by Gasteiger charge is 2.34. The van der Waals surface area contributed by atoms with Gasteiger partial charge in [0, 0.05) is 32.2 Å². The smallest absolute Gasteiger partial charge is 0.363 e.